The largest absolute Gasteiger partial charge is 0.497 e. The Balaban J connectivity index is 0.000000185. The first-order valence-electron chi connectivity index (χ1n) is 43.2. The number of aromatic amines is 1. The molecule has 788 valence electrons. The van der Waals surface area contributed by atoms with Crippen LogP contribution in [0.5, 0.6) is 5.75 Å². The number of aromatic carboxylic acids is 1. The van der Waals surface area contributed by atoms with Crippen LogP contribution >= 0.6 is 58.4 Å². The van der Waals surface area contributed by atoms with E-state index in [0.717, 1.165) is 144 Å². The van der Waals surface area contributed by atoms with Crippen molar-refractivity contribution in [3.05, 3.63) is 114 Å². The number of carboxylic acids is 5. The second-order valence-electron chi connectivity index (χ2n) is 30.3. The maximum atomic E-state index is 13.3. The summed E-state index contributed by atoms with van der Waals surface area (Å²) in [7, 11) is 8.45. The molecular formula is C86H90F12N30O15S5. The predicted octanol–water partition coefficient (Wildman–Crippen LogP) is 6.80. The van der Waals surface area contributed by atoms with Gasteiger partial charge in [-0.1, -0.05) is 58.9 Å². The average molecular weight is 2170 g/mol. The van der Waals surface area contributed by atoms with Crippen molar-refractivity contribution in [3.8, 4) is 53.1 Å². The number of piperazine rings is 4. The average Bonchev–Trinajstić information content (AvgIpc) is 1.62. The van der Waals surface area contributed by atoms with Gasteiger partial charge in [0.1, 0.15) is 10.8 Å². The number of pyridine rings is 1. The fraction of sp³-hybridized carbons (Fsp3) is 0.384. The number of ether oxygens (including phenoxy) is 1. The monoisotopic (exact) mass is 2170 g/mol. The highest BCUT2D eigenvalue weighted by molar-refractivity contribution is 8.01. The van der Waals surface area contributed by atoms with Crippen molar-refractivity contribution in [2.24, 2.45) is 28.2 Å². The van der Waals surface area contributed by atoms with Crippen molar-refractivity contribution in [3.63, 3.8) is 0 Å². The number of aliphatic carboxylic acids is 4. The number of H-pyrrole nitrogens is 1. The number of fused-ring (bicyclic) bond motifs is 5. The van der Waals surface area contributed by atoms with Gasteiger partial charge in [-0.2, -0.15) is 72.6 Å². The Hall–Kier alpha value is -15.2. The summed E-state index contributed by atoms with van der Waals surface area (Å²) in [5, 5.41) is 62.3. The normalized spacial score (nSPS) is 13.5. The van der Waals surface area contributed by atoms with Crippen molar-refractivity contribution in [2.75, 3.05) is 137 Å². The number of rotatable bonds is 18. The third-order valence-corrected chi connectivity index (χ3v) is 25.4. The fourth-order valence-electron chi connectivity index (χ4n) is 13.4. The number of methoxy groups -OCH3 is 1. The summed E-state index contributed by atoms with van der Waals surface area (Å²) in [6.45, 7) is 22.1. The molecule has 0 atom stereocenters. The number of carbonyl (C=O) groups is 5. The Kier molecular flexibility index (Phi) is 40.1. The molecule has 4 saturated heterocycles. The molecule has 62 heteroatoms. The number of para-hydroxylation sites is 2. The van der Waals surface area contributed by atoms with Gasteiger partial charge >= 0.3 is 54.6 Å². The SMILES string of the molecule is CC#CCn1c(N2CCNCC2)nc2nc(Sc3ccc(C(=O)O)cn3)n(C)c(=O)c21.CC#CCn1c(N2CCNCC2)nc2nc(Sc3ccc(OC)cc3)n(C)c(=O)c21.CC#CCn1c(N2CCNCC2)nc2nc(Sc3nc4ccccc4[nH]3)n(C)c(=O)c21.CC#CCn1c(N2CCNCC2)nc2nc(Sc3nnc(N)s3)n(C)c(=O)c21.O=C(O)C(F)(F)F.O=C(O)C(F)(F)F.O=C(O)C(F)(F)F.O=C(O)C(F)(F)F. The van der Waals surface area contributed by atoms with Crippen molar-refractivity contribution >= 4 is 173 Å². The number of alkyl halides is 12. The molecule has 0 bridgehead atoms. The molecule has 4 fully saturated rings. The van der Waals surface area contributed by atoms with E-state index in [1.54, 1.807) is 78.2 Å². The van der Waals surface area contributed by atoms with Gasteiger partial charge in [0.15, 0.2) is 74.8 Å². The van der Waals surface area contributed by atoms with Gasteiger partial charge < -0.3 is 81.9 Å². The third-order valence-electron chi connectivity index (χ3n) is 20.5. The second kappa shape index (κ2) is 51.7. The van der Waals surface area contributed by atoms with Crippen LogP contribution in [0.2, 0.25) is 0 Å². The topological polar surface area (TPSA) is 561 Å². The van der Waals surface area contributed by atoms with E-state index in [4.69, 9.17) is 80.1 Å². The van der Waals surface area contributed by atoms with Gasteiger partial charge in [-0.15, -0.1) is 33.9 Å². The van der Waals surface area contributed by atoms with E-state index < -0.39 is 54.6 Å². The molecule has 0 unspecified atom stereocenters. The smallest absolute Gasteiger partial charge is 0.490 e. The van der Waals surface area contributed by atoms with Crippen molar-refractivity contribution in [1.82, 2.24) is 123 Å². The van der Waals surface area contributed by atoms with E-state index in [1.165, 1.54) is 79.8 Å². The van der Waals surface area contributed by atoms with Crippen LogP contribution in [0.15, 0.2) is 126 Å². The minimum Gasteiger partial charge on any atom is -0.497 e. The highest BCUT2D eigenvalue weighted by atomic mass is 32.2. The van der Waals surface area contributed by atoms with Gasteiger partial charge in [-0.3, -0.25) is 55.7 Å². The summed E-state index contributed by atoms with van der Waals surface area (Å²) >= 11 is 6.42. The highest BCUT2D eigenvalue weighted by Gasteiger charge is 2.41. The lowest BCUT2D eigenvalue weighted by Gasteiger charge is -2.28. The number of carboxylic acid groups (broad SMARTS) is 5. The minimum absolute atomic E-state index is 0.0955. The first-order valence-corrected chi connectivity index (χ1v) is 47.3. The van der Waals surface area contributed by atoms with E-state index in [0.29, 0.717) is 117 Å². The third kappa shape index (κ3) is 30.1. The number of nitrogens with zero attached hydrogens (tertiary/aromatic N) is 24. The quantitative estimate of drug-likeness (QED) is 0.0239. The highest BCUT2D eigenvalue weighted by Crippen LogP contribution is 2.35. The van der Waals surface area contributed by atoms with Crippen LogP contribution in [0.25, 0.3) is 55.7 Å². The number of halogens is 12. The van der Waals surface area contributed by atoms with Gasteiger partial charge in [0, 0.05) is 144 Å². The van der Waals surface area contributed by atoms with Gasteiger partial charge in [-0.05, 0) is 112 Å². The molecule has 13 aromatic rings. The Bertz CT molecular complexity index is 7370. The molecule has 0 aliphatic carbocycles. The molecule has 4 aliphatic heterocycles. The maximum absolute atomic E-state index is 13.3. The summed E-state index contributed by atoms with van der Waals surface area (Å²) in [6.07, 6.45) is -19.1. The summed E-state index contributed by atoms with van der Waals surface area (Å²) in [4.78, 5) is 159. The Morgan fingerprint density at radius 2 is 0.730 bits per heavy atom. The molecule has 11 aromatic heterocycles. The molecule has 2 aromatic carbocycles. The molecule has 4 aliphatic rings. The fourth-order valence-corrected chi connectivity index (χ4v) is 17.4. The number of nitrogen functional groups attached to an aromatic ring is 1. The Labute approximate surface area is 848 Å². The van der Waals surface area contributed by atoms with Crippen LogP contribution in [-0.2, 0) is 73.5 Å². The molecule has 15 heterocycles. The molecule has 45 nitrogen and oxygen atoms in total. The molecule has 0 spiro atoms. The number of benzene rings is 2. The zero-order valence-corrected chi connectivity index (χ0v) is 83.3. The van der Waals surface area contributed by atoms with Crippen LogP contribution in [0.1, 0.15) is 38.1 Å². The maximum Gasteiger partial charge on any atom is 0.490 e. The number of hydrogen-bond donors (Lipinski definition) is 11. The Morgan fingerprint density at radius 1 is 0.419 bits per heavy atom. The van der Waals surface area contributed by atoms with Crippen LogP contribution in [0.4, 0.5) is 81.6 Å². The minimum atomic E-state index is -5.08. The van der Waals surface area contributed by atoms with E-state index in [1.807, 2.05) is 66.8 Å². The number of hydrogen-bond acceptors (Lipinski definition) is 36. The van der Waals surface area contributed by atoms with Crippen LogP contribution in [0.3, 0.4) is 0 Å². The second-order valence-corrected chi connectivity index (χ2v) is 35.5. The lowest BCUT2D eigenvalue weighted by molar-refractivity contribution is -0.193. The van der Waals surface area contributed by atoms with Gasteiger partial charge in [0.25, 0.3) is 22.2 Å². The van der Waals surface area contributed by atoms with Crippen LogP contribution in [-0.4, -0.2) is 293 Å². The number of imidazole rings is 5. The van der Waals surface area contributed by atoms with Gasteiger partial charge in [0.05, 0.1) is 49.9 Å². The molecule has 0 amide bonds. The van der Waals surface area contributed by atoms with Gasteiger partial charge in [-0.25, -0.2) is 53.9 Å². The zero-order chi connectivity index (χ0) is 108. The molecule has 0 saturated carbocycles. The summed E-state index contributed by atoms with van der Waals surface area (Å²) in [5.74, 6) is 15.5. The number of nitrogens with two attached hydrogens (primary N) is 1. The van der Waals surface area contributed by atoms with Crippen molar-refractivity contribution in [2.45, 2.75) is 119 Å². The molecule has 12 N–H and O–H groups in total. The number of anilines is 5. The Morgan fingerprint density at radius 3 is 1.01 bits per heavy atom. The number of nitrogens with one attached hydrogen (secondary N) is 5. The molecular weight excluding hydrogens is 2080 g/mol. The molecule has 0 radical (unpaired) electrons. The van der Waals surface area contributed by atoms with E-state index in [9.17, 15) is 76.7 Å². The van der Waals surface area contributed by atoms with Gasteiger partial charge in [0.2, 0.25) is 28.9 Å². The zero-order valence-electron chi connectivity index (χ0n) is 79.2. The lowest BCUT2D eigenvalue weighted by Crippen LogP contribution is -2.44. The molecule has 148 heavy (non-hydrogen) atoms. The number of aromatic nitrogens is 21. The van der Waals surface area contributed by atoms with E-state index >= 15 is 0 Å². The molecule has 17 rings (SSSR count). The van der Waals surface area contributed by atoms with E-state index in [2.05, 4.69) is 128 Å². The first kappa shape index (κ1) is 115. The lowest BCUT2D eigenvalue weighted by atomic mass is 10.3. The summed E-state index contributed by atoms with van der Waals surface area (Å²) in [5.41, 5.74) is 10.4. The standard InChI is InChI=1S/C21H22N8OS.C21H24N6O2S.C20H21N7O3S.C16H19N9OS2.4C2HF3O2/c1-3-4-11-29-16-17(25-20(29)28-12-9-22-10-13-28)26-21(27(2)18(16)30)31-19-23-14-7-5-6-8-15(14)24-19;1-4-5-12-27-17-18(23-20(27)26-13-10-22-11-14-26)24-21(25(2)19(17)28)30-16-8-6-15(29-3)7-9-16;1-3-4-9-27-15-16(23-19(27)26-10-7-21-8-11-26)24-20(25(2)17(15)28)31-14-6-5-13(12-22-14)18(29)30;1-3-4-7-25-10-11(19-14(25)24-8-5-18-6-9-24)20-15(23(2)12(10)26)28-16-22-21-13(17)27-16;4*3-2(4,5)1(6)7/h5-8,22H,9-13H2,1-2H3,(H,23,24);6-9,22H,10-14H2,1-3H3;5-6,12,21H,7-11H2,1-2H3,(H,29,30);18H,5-9H2,1-2H3,(H2,17,21);4*(H,6,7). The first-order chi connectivity index (χ1) is 70.1. The predicted molar refractivity (Wildman–Crippen MR) is 521 cm³/mol. The van der Waals surface area contributed by atoms with Crippen molar-refractivity contribution in [1.29, 1.82) is 0 Å². The van der Waals surface area contributed by atoms with Crippen molar-refractivity contribution < 1.29 is 107 Å². The summed E-state index contributed by atoms with van der Waals surface area (Å²) < 4.78 is 146. The summed E-state index contributed by atoms with van der Waals surface area (Å²) in [6, 6.07) is 18.5. The van der Waals surface area contributed by atoms with Crippen LogP contribution in [0, 0.1) is 47.4 Å². The van der Waals surface area contributed by atoms with Crippen LogP contribution < -0.4 is 73.6 Å². The van der Waals surface area contributed by atoms with E-state index in [-0.39, 0.29) is 27.8 Å².